The highest BCUT2D eigenvalue weighted by Crippen LogP contribution is 2.29. The average molecular weight is 394 g/mol. The van der Waals surface area contributed by atoms with Crippen molar-refractivity contribution in [1.82, 2.24) is 15.1 Å². The summed E-state index contributed by atoms with van der Waals surface area (Å²) in [4.78, 5) is 16.8. The molecule has 154 valence electrons. The van der Waals surface area contributed by atoms with Gasteiger partial charge in [0.2, 0.25) is 0 Å². The van der Waals surface area contributed by atoms with Crippen LogP contribution in [0.4, 0.5) is 4.79 Å². The van der Waals surface area contributed by atoms with Crippen molar-refractivity contribution in [3.8, 4) is 5.75 Å². The lowest BCUT2D eigenvalue weighted by molar-refractivity contribution is 0.134. The minimum Gasteiger partial charge on any atom is -0.491 e. The van der Waals surface area contributed by atoms with Gasteiger partial charge in [0.05, 0.1) is 6.54 Å². The summed E-state index contributed by atoms with van der Waals surface area (Å²) in [5, 5.41) is 3.01. The van der Waals surface area contributed by atoms with Crippen LogP contribution in [0.3, 0.4) is 0 Å². The van der Waals surface area contributed by atoms with Gasteiger partial charge in [-0.15, -0.1) is 0 Å². The van der Waals surface area contributed by atoms with E-state index in [1.165, 1.54) is 29.5 Å². The molecule has 5 nitrogen and oxygen atoms in total. The summed E-state index contributed by atoms with van der Waals surface area (Å²) in [7, 11) is 0. The highest BCUT2D eigenvalue weighted by atomic mass is 16.5. The predicted molar refractivity (Wildman–Crippen MR) is 115 cm³/mol. The van der Waals surface area contributed by atoms with Gasteiger partial charge in [-0.25, -0.2) is 4.79 Å². The van der Waals surface area contributed by atoms with Gasteiger partial charge in [0, 0.05) is 32.7 Å². The minimum atomic E-state index is 0.0167. The van der Waals surface area contributed by atoms with Gasteiger partial charge in [-0.1, -0.05) is 42.5 Å². The van der Waals surface area contributed by atoms with Crippen molar-refractivity contribution in [3.05, 3.63) is 65.2 Å². The van der Waals surface area contributed by atoms with Crippen molar-refractivity contribution in [2.24, 2.45) is 0 Å². The van der Waals surface area contributed by atoms with E-state index in [1.807, 2.05) is 11.0 Å². The number of hydrogen-bond acceptors (Lipinski definition) is 3. The number of piperazine rings is 1. The number of rotatable bonds is 6. The van der Waals surface area contributed by atoms with E-state index in [9.17, 15) is 4.79 Å². The third-order valence-corrected chi connectivity index (χ3v) is 5.90. The number of nitrogens with zero attached hydrogens (tertiary/aromatic N) is 2. The van der Waals surface area contributed by atoms with Crippen molar-refractivity contribution in [2.45, 2.75) is 32.2 Å². The number of urea groups is 1. The van der Waals surface area contributed by atoms with Gasteiger partial charge in [-0.05, 0) is 48.4 Å². The molecular weight excluding hydrogens is 362 g/mol. The Morgan fingerprint density at radius 1 is 0.931 bits per heavy atom. The fourth-order valence-corrected chi connectivity index (χ4v) is 4.26. The lowest BCUT2D eigenvalue weighted by Gasteiger charge is -2.34. The van der Waals surface area contributed by atoms with E-state index in [-0.39, 0.29) is 6.03 Å². The SMILES string of the molecule is O=C(NCCOc1cccc2c1CCCC2)N1CCN(Cc2ccccc2)CC1. The second-order valence-corrected chi connectivity index (χ2v) is 7.93. The van der Waals surface area contributed by atoms with Gasteiger partial charge in [0.15, 0.2) is 0 Å². The molecule has 0 radical (unpaired) electrons. The van der Waals surface area contributed by atoms with Crippen LogP contribution in [0.5, 0.6) is 5.75 Å². The lowest BCUT2D eigenvalue weighted by Crippen LogP contribution is -2.51. The molecule has 1 heterocycles. The average Bonchev–Trinajstić information content (AvgIpc) is 2.78. The van der Waals surface area contributed by atoms with Gasteiger partial charge in [0.1, 0.15) is 12.4 Å². The predicted octanol–water partition coefficient (Wildman–Crippen LogP) is 3.47. The van der Waals surface area contributed by atoms with E-state index in [2.05, 4.69) is 52.7 Å². The highest BCUT2D eigenvalue weighted by Gasteiger charge is 2.21. The third kappa shape index (κ3) is 5.30. The molecule has 0 spiro atoms. The van der Waals surface area contributed by atoms with Crippen LogP contribution in [-0.2, 0) is 19.4 Å². The van der Waals surface area contributed by atoms with Gasteiger partial charge in [-0.3, -0.25) is 4.90 Å². The molecule has 0 atom stereocenters. The number of hydrogen-bond donors (Lipinski definition) is 1. The fraction of sp³-hybridized carbons (Fsp3) is 0.458. The first kappa shape index (κ1) is 19.8. The van der Waals surface area contributed by atoms with Gasteiger partial charge in [0.25, 0.3) is 0 Å². The summed E-state index contributed by atoms with van der Waals surface area (Å²) < 4.78 is 5.98. The molecule has 2 aromatic rings. The summed E-state index contributed by atoms with van der Waals surface area (Å²) in [5.74, 6) is 0.992. The number of carbonyl (C=O) groups is 1. The second kappa shape index (κ2) is 9.79. The van der Waals surface area contributed by atoms with E-state index < -0.39 is 0 Å². The quantitative estimate of drug-likeness (QED) is 0.765. The van der Waals surface area contributed by atoms with Crippen molar-refractivity contribution < 1.29 is 9.53 Å². The second-order valence-electron chi connectivity index (χ2n) is 7.93. The third-order valence-electron chi connectivity index (χ3n) is 5.90. The molecule has 1 aliphatic carbocycles. The Morgan fingerprint density at radius 3 is 2.55 bits per heavy atom. The zero-order chi connectivity index (χ0) is 19.9. The number of amides is 2. The maximum Gasteiger partial charge on any atom is 0.317 e. The molecule has 0 unspecified atom stereocenters. The smallest absolute Gasteiger partial charge is 0.317 e. The summed E-state index contributed by atoms with van der Waals surface area (Å²) >= 11 is 0. The van der Waals surface area contributed by atoms with Crippen molar-refractivity contribution in [2.75, 3.05) is 39.3 Å². The first-order valence-corrected chi connectivity index (χ1v) is 10.8. The van der Waals surface area contributed by atoms with Crippen molar-refractivity contribution in [1.29, 1.82) is 0 Å². The first-order valence-electron chi connectivity index (χ1n) is 10.8. The molecular formula is C24H31N3O2. The number of ether oxygens (including phenoxy) is 1. The number of nitrogens with one attached hydrogen (secondary N) is 1. The van der Waals surface area contributed by atoms with Crippen LogP contribution in [0.25, 0.3) is 0 Å². The molecule has 5 heteroatoms. The van der Waals surface area contributed by atoms with Crippen molar-refractivity contribution in [3.63, 3.8) is 0 Å². The van der Waals surface area contributed by atoms with Gasteiger partial charge in [-0.2, -0.15) is 0 Å². The molecule has 1 aliphatic heterocycles. The van der Waals surface area contributed by atoms with Crippen LogP contribution in [-0.4, -0.2) is 55.2 Å². The Hall–Kier alpha value is -2.53. The molecule has 0 saturated carbocycles. The number of aryl methyl sites for hydroxylation is 1. The fourth-order valence-electron chi connectivity index (χ4n) is 4.26. The Labute approximate surface area is 173 Å². The maximum atomic E-state index is 12.4. The number of fused-ring (bicyclic) bond motifs is 1. The largest absolute Gasteiger partial charge is 0.491 e. The van der Waals surface area contributed by atoms with Crippen molar-refractivity contribution >= 4 is 6.03 Å². The summed E-state index contributed by atoms with van der Waals surface area (Å²) in [6, 6.07) is 16.9. The first-order chi connectivity index (χ1) is 14.3. The monoisotopic (exact) mass is 393 g/mol. The molecule has 2 amide bonds. The number of benzene rings is 2. The zero-order valence-corrected chi connectivity index (χ0v) is 17.1. The normalized spacial score (nSPS) is 16.9. The lowest BCUT2D eigenvalue weighted by atomic mass is 9.91. The van der Waals surface area contributed by atoms with Gasteiger partial charge >= 0.3 is 6.03 Å². The topological polar surface area (TPSA) is 44.8 Å². The van der Waals surface area contributed by atoms with Crippen LogP contribution >= 0.6 is 0 Å². The van der Waals surface area contributed by atoms with E-state index in [0.717, 1.165) is 51.3 Å². The van der Waals surface area contributed by atoms with Crippen LogP contribution in [0.2, 0.25) is 0 Å². The molecule has 2 aromatic carbocycles. The maximum absolute atomic E-state index is 12.4. The van der Waals surface area contributed by atoms with Crippen LogP contribution in [0.1, 0.15) is 29.5 Å². The highest BCUT2D eigenvalue weighted by molar-refractivity contribution is 5.74. The Kier molecular flexibility index (Phi) is 6.67. The number of carbonyl (C=O) groups excluding carboxylic acids is 1. The minimum absolute atomic E-state index is 0.0167. The molecule has 29 heavy (non-hydrogen) atoms. The Morgan fingerprint density at radius 2 is 1.72 bits per heavy atom. The van der Waals surface area contributed by atoms with E-state index in [4.69, 9.17) is 4.74 Å². The van der Waals surface area contributed by atoms with E-state index >= 15 is 0 Å². The van der Waals surface area contributed by atoms with E-state index in [1.54, 1.807) is 0 Å². The Balaban J connectivity index is 1.16. The molecule has 4 rings (SSSR count). The van der Waals surface area contributed by atoms with Crippen LogP contribution < -0.4 is 10.1 Å². The molecule has 2 aliphatic rings. The summed E-state index contributed by atoms with van der Waals surface area (Å²) in [5.41, 5.74) is 4.11. The zero-order valence-electron chi connectivity index (χ0n) is 17.1. The van der Waals surface area contributed by atoms with E-state index in [0.29, 0.717) is 13.2 Å². The molecule has 1 N–H and O–H groups in total. The molecule has 1 saturated heterocycles. The Bertz CT molecular complexity index is 801. The molecule has 0 aromatic heterocycles. The summed E-state index contributed by atoms with van der Waals surface area (Å²) in [6.45, 7) is 5.36. The van der Waals surface area contributed by atoms with Crippen LogP contribution in [0.15, 0.2) is 48.5 Å². The summed E-state index contributed by atoms with van der Waals surface area (Å²) in [6.07, 6.45) is 4.76. The molecule has 0 bridgehead atoms. The van der Waals surface area contributed by atoms with Gasteiger partial charge < -0.3 is 15.0 Å². The van der Waals surface area contributed by atoms with Crippen LogP contribution in [0, 0.1) is 0 Å². The molecule has 1 fully saturated rings. The standard InChI is InChI=1S/C24H31N3O2/c28-24(27-16-14-26(15-17-27)19-20-7-2-1-3-8-20)25-13-18-29-23-12-6-10-21-9-4-5-11-22(21)23/h1-3,6-8,10,12H,4-5,9,11,13-19H2,(H,25,28).